The number of methoxy groups -OCH3 is 1. The maximum atomic E-state index is 6.00. The minimum Gasteiger partial charge on any atom is -0.494 e. The normalized spacial score (nSPS) is 11.3. The SMILES string of the molecule is COc1cc(Nc2nc(C)cc(Oc3ccc(C(C)(C)C)cc3)n2)ccc1-n1cnc(C)c1. The van der Waals surface area contributed by atoms with Crippen molar-refractivity contribution in [1.82, 2.24) is 19.5 Å². The minimum absolute atomic E-state index is 0.0917. The third kappa shape index (κ3) is 5.31. The van der Waals surface area contributed by atoms with E-state index in [1.807, 2.05) is 61.0 Å². The van der Waals surface area contributed by atoms with Gasteiger partial charge in [0.05, 0.1) is 24.8 Å². The van der Waals surface area contributed by atoms with E-state index in [1.165, 1.54) is 5.56 Å². The Hall–Kier alpha value is -3.87. The highest BCUT2D eigenvalue weighted by Crippen LogP contribution is 2.30. The van der Waals surface area contributed by atoms with Crippen molar-refractivity contribution >= 4 is 11.6 Å². The summed E-state index contributed by atoms with van der Waals surface area (Å²) in [5.74, 6) is 2.37. The Morgan fingerprint density at radius 1 is 0.909 bits per heavy atom. The lowest BCUT2D eigenvalue weighted by atomic mass is 9.87. The van der Waals surface area contributed by atoms with Gasteiger partial charge in [-0.15, -0.1) is 0 Å². The summed E-state index contributed by atoms with van der Waals surface area (Å²) < 4.78 is 13.5. The second-order valence-electron chi connectivity index (χ2n) is 8.98. The molecule has 33 heavy (non-hydrogen) atoms. The molecule has 4 rings (SSSR count). The first-order chi connectivity index (χ1) is 15.7. The second-order valence-corrected chi connectivity index (χ2v) is 8.98. The van der Waals surface area contributed by atoms with Crippen LogP contribution in [0.3, 0.4) is 0 Å². The molecule has 7 nitrogen and oxygen atoms in total. The van der Waals surface area contributed by atoms with Crippen LogP contribution in [-0.2, 0) is 5.41 Å². The lowest BCUT2D eigenvalue weighted by Crippen LogP contribution is -2.10. The van der Waals surface area contributed by atoms with E-state index in [0.29, 0.717) is 17.6 Å². The van der Waals surface area contributed by atoms with Crippen LogP contribution >= 0.6 is 0 Å². The molecule has 0 aliphatic heterocycles. The van der Waals surface area contributed by atoms with Gasteiger partial charge in [-0.25, -0.2) is 9.97 Å². The zero-order valence-electron chi connectivity index (χ0n) is 19.9. The molecular weight excluding hydrogens is 414 g/mol. The maximum Gasteiger partial charge on any atom is 0.230 e. The molecule has 170 valence electrons. The molecule has 2 aromatic heterocycles. The van der Waals surface area contributed by atoms with Crippen molar-refractivity contribution in [3.05, 3.63) is 78.0 Å². The second kappa shape index (κ2) is 8.94. The van der Waals surface area contributed by atoms with E-state index in [-0.39, 0.29) is 5.41 Å². The fraction of sp³-hybridized carbons (Fsp3) is 0.269. The van der Waals surface area contributed by atoms with Crippen molar-refractivity contribution in [2.45, 2.75) is 40.0 Å². The van der Waals surface area contributed by atoms with Crippen LogP contribution in [-0.4, -0.2) is 26.6 Å². The van der Waals surface area contributed by atoms with Gasteiger partial charge in [0.25, 0.3) is 0 Å². The minimum atomic E-state index is 0.0917. The number of ether oxygens (including phenoxy) is 2. The largest absolute Gasteiger partial charge is 0.494 e. The van der Waals surface area contributed by atoms with Crippen LogP contribution in [0.5, 0.6) is 17.4 Å². The molecule has 2 heterocycles. The fourth-order valence-electron chi connectivity index (χ4n) is 3.44. The third-order valence-corrected chi connectivity index (χ3v) is 5.20. The Bertz CT molecular complexity index is 1260. The number of hydrogen-bond acceptors (Lipinski definition) is 6. The average molecular weight is 444 g/mol. The molecule has 0 aliphatic rings. The smallest absolute Gasteiger partial charge is 0.230 e. The van der Waals surface area contributed by atoms with Gasteiger partial charge < -0.3 is 19.4 Å². The standard InChI is InChI=1S/C26H29N5O2/c1-17-13-24(33-21-10-7-19(8-11-21)26(3,4)5)30-25(28-17)29-20-9-12-22(23(14-20)32-6)31-15-18(2)27-16-31/h7-16H,1-6H3,(H,28,29,30). The molecule has 0 aliphatic carbocycles. The zero-order valence-corrected chi connectivity index (χ0v) is 19.9. The predicted molar refractivity (Wildman–Crippen MR) is 130 cm³/mol. The summed E-state index contributed by atoms with van der Waals surface area (Å²) in [5.41, 5.74) is 4.78. The maximum absolute atomic E-state index is 6.00. The van der Waals surface area contributed by atoms with Crippen LogP contribution in [0.4, 0.5) is 11.6 Å². The number of anilines is 2. The van der Waals surface area contributed by atoms with Crippen molar-refractivity contribution in [3.63, 3.8) is 0 Å². The summed E-state index contributed by atoms with van der Waals surface area (Å²) in [6.45, 7) is 10.4. The lowest BCUT2D eigenvalue weighted by Gasteiger charge is -2.19. The zero-order chi connectivity index (χ0) is 23.6. The van der Waals surface area contributed by atoms with Crippen molar-refractivity contribution < 1.29 is 9.47 Å². The molecule has 0 amide bonds. The van der Waals surface area contributed by atoms with E-state index in [2.05, 4.69) is 53.2 Å². The molecule has 0 fully saturated rings. The summed E-state index contributed by atoms with van der Waals surface area (Å²) in [5, 5.41) is 3.25. The van der Waals surface area contributed by atoms with Crippen LogP contribution in [0, 0.1) is 13.8 Å². The van der Waals surface area contributed by atoms with Crippen LogP contribution < -0.4 is 14.8 Å². The van der Waals surface area contributed by atoms with E-state index in [1.54, 1.807) is 13.4 Å². The number of aromatic nitrogens is 4. The molecule has 0 saturated heterocycles. The summed E-state index contributed by atoms with van der Waals surface area (Å²) in [6, 6.07) is 15.7. The number of nitrogens with zero attached hydrogens (tertiary/aromatic N) is 4. The molecule has 0 saturated carbocycles. The Labute approximate surface area is 194 Å². The molecule has 7 heteroatoms. The van der Waals surface area contributed by atoms with Gasteiger partial charge in [-0.3, -0.25) is 0 Å². The fourth-order valence-corrected chi connectivity index (χ4v) is 3.44. The van der Waals surface area contributed by atoms with Gasteiger partial charge in [-0.1, -0.05) is 32.9 Å². The number of imidazole rings is 1. The van der Waals surface area contributed by atoms with Gasteiger partial charge in [0.15, 0.2) is 0 Å². The third-order valence-electron chi connectivity index (χ3n) is 5.20. The summed E-state index contributed by atoms with van der Waals surface area (Å²) in [6.07, 6.45) is 3.72. The van der Waals surface area contributed by atoms with Crippen molar-refractivity contribution in [2.75, 3.05) is 12.4 Å². The highest BCUT2D eigenvalue weighted by atomic mass is 16.5. The number of hydrogen-bond donors (Lipinski definition) is 1. The predicted octanol–water partition coefficient (Wildman–Crippen LogP) is 6.12. The molecule has 1 N–H and O–H groups in total. The number of aryl methyl sites for hydroxylation is 2. The van der Waals surface area contributed by atoms with E-state index in [9.17, 15) is 0 Å². The lowest BCUT2D eigenvalue weighted by molar-refractivity contribution is 0.413. The first kappa shape index (κ1) is 22.3. The Morgan fingerprint density at radius 3 is 2.30 bits per heavy atom. The molecular formula is C26H29N5O2. The first-order valence-electron chi connectivity index (χ1n) is 10.8. The number of nitrogens with one attached hydrogen (secondary N) is 1. The molecule has 0 radical (unpaired) electrons. The quantitative estimate of drug-likeness (QED) is 0.387. The van der Waals surface area contributed by atoms with E-state index >= 15 is 0 Å². The van der Waals surface area contributed by atoms with Gasteiger partial charge in [-0.05, 0) is 49.1 Å². The van der Waals surface area contributed by atoms with Gasteiger partial charge in [-0.2, -0.15) is 4.98 Å². The molecule has 4 aromatic rings. The number of rotatable bonds is 6. The average Bonchev–Trinajstić information content (AvgIpc) is 3.19. The topological polar surface area (TPSA) is 74.1 Å². The molecule has 0 spiro atoms. The highest BCUT2D eigenvalue weighted by Gasteiger charge is 2.14. The van der Waals surface area contributed by atoms with E-state index in [4.69, 9.17) is 9.47 Å². The van der Waals surface area contributed by atoms with Crippen molar-refractivity contribution in [2.24, 2.45) is 0 Å². The van der Waals surface area contributed by atoms with Crippen LogP contribution in [0.1, 0.15) is 37.7 Å². The molecule has 0 atom stereocenters. The van der Waals surface area contributed by atoms with Crippen molar-refractivity contribution in [1.29, 1.82) is 0 Å². The monoisotopic (exact) mass is 443 g/mol. The molecule has 2 aromatic carbocycles. The van der Waals surface area contributed by atoms with Crippen LogP contribution in [0.25, 0.3) is 5.69 Å². The first-order valence-corrected chi connectivity index (χ1v) is 10.8. The van der Waals surface area contributed by atoms with Crippen LogP contribution in [0.15, 0.2) is 61.1 Å². The van der Waals surface area contributed by atoms with Gasteiger partial charge in [0.1, 0.15) is 11.5 Å². The Morgan fingerprint density at radius 2 is 1.67 bits per heavy atom. The summed E-state index contributed by atoms with van der Waals surface area (Å²) >= 11 is 0. The molecule has 0 bridgehead atoms. The van der Waals surface area contributed by atoms with Crippen LogP contribution in [0.2, 0.25) is 0 Å². The van der Waals surface area contributed by atoms with Crippen molar-refractivity contribution in [3.8, 4) is 23.1 Å². The summed E-state index contributed by atoms with van der Waals surface area (Å²) in [4.78, 5) is 13.3. The molecule has 0 unspecified atom stereocenters. The van der Waals surface area contributed by atoms with E-state index in [0.717, 1.165) is 28.5 Å². The number of benzene rings is 2. The Balaban J connectivity index is 1.54. The Kier molecular flexibility index (Phi) is 6.05. The van der Waals surface area contributed by atoms with Gasteiger partial charge in [0.2, 0.25) is 11.8 Å². The van der Waals surface area contributed by atoms with Gasteiger partial charge >= 0.3 is 0 Å². The van der Waals surface area contributed by atoms with Gasteiger partial charge in [0, 0.05) is 29.7 Å². The van der Waals surface area contributed by atoms with E-state index < -0.39 is 0 Å². The summed E-state index contributed by atoms with van der Waals surface area (Å²) in [7, 11) is 1.65. The highest BCUT2D eigenvalue weighted by molar-refractivity contribution is 5.62.